The van der Waals surface area contributed by atoms with E-state index in [0.29, 0.717) is 6.61 Å². The van der Waals surface area contributed by atoms with Gasteiger partial charge in [0.25, 0.3) is 0 Å². The van der Waals surface area contributed by atoms with E-state index in [-0.39, 0.29) is 37.4 Å². The highest BCUT2D eigenvalue weighted by Gasteiger charge is 2.12. The maximum absolute atomic E-state index is 13.1. The largest absolute Gasteiger partial charge is 0.466 e. The van der Waals surface area contributed by atoms with Crippen LogP contribution in [-0.4, -0.2) is 18.5 Å². The lowest BCUT2D eigenvalue weighted by molar-refractivity contribution is -0.146. The second-order valence-electron chi connectivity index (χ2n) is 6.73. The Bertz CT molecular complexity index is 597. The van der Waals surface area contributed by atoms with Crippen molar-refractivity contribution in [3.05, 3.63) is 35.1 Å². The predicted octanol–water partition coefficient (Wildman–Crippen LogP) is 5.61. The molecule has 7 heteroatoms. The molecule has 158 valence electrons. The first-order chi connectivity index (χ1) is 13.4. The van der Waals surface area contributed by atoms with Crippen LogP contribution in [0.5, 0.6) is 0 Å². The van der Waals surface area contributed by atoms with Crippen molar-refractivity contribution in [2.45, 2.75) is 77.7 Å². The average molecular weight is 402 g/mol. The third-order valence-electron chi connectivity index (χ3n) is 4.22. The van der Waals surface area contributed by atoms with Crippen molar-refractivity contribution in [1.29, 1.82) is 0 Å². The lowest BCUT2D eigenvalue weighted by Crippen LogP contribution is -2.09. The summed E-state index contributed by atoms with van der Waals surface area (Å²) in [6, 6.07) is 1.54. The molecule has 1 aromatic rings. The van der Waals surface area contributed by atoms with Gasteiger partial charge in [0.15, 0.2) is 17.5 Å². The normalized spacial score (nSPS) is 10.7. The predicted molar refractivity (Wildman–Crippen MR) is 98.9 cm³/mol. The van der Waals surface area contributed by atoms with Crippen molar-refractivity contribution in [2.24, 2.45) is 0 Å². The van der Waals surface area contributed by atoms with Gasteiger partial charge in [-0.2, -0.15) is 0 Å². The number of unbranched alkanes of at least 4 members (excludes halogenated alkanes) is 6. The van der Waals surface area contributed by atoms with Crippen molar-refractivity contribution in [2.75, 3.05) is 6.61 Å². The Morgan fingerprint density at radius 1 is 0.786 bits per heavy atom. The molecule has 1 rings (SSSR count). The van der Waals surface area contributed by atoms with Gasteiger partial charge in [-0.05, 0) is 30.5 Å². The zero-order valence-corrected chi connectivity index (χ0v) is 16.4. The molecule has 0 saturated heterocycles. The molecule has 0 aliphatic rings. The molecule has 0 aliphatic heterocycles. The van der Waals surface area contributed by atoms with Gasteiger partial charge in [0, 0.05) is 12.8 Å². The Balaban J connectivity index is 2.07. The molecule has 0 spiro atoms. The molecule has 0 unspecified atom stereocenters. The summed E-state index contributed by atoms with van der Waals surface area (Å²) in [5, 5.41) is 0. The van der Waals surface area contributed by atoms with Gasteiger partial charge in [-0.15, -0.1) is 0 Å². The third-order valence-corrected chi connectivity index (χ3v) is 4.22. The maximum Gasteiger partial charge on any atom is 0.306 e. The van der Waals surface area contributed by atoms with Gasteiger partial charge < -0.3 is 9.47 Å². The van der Waals surface area contributed by atoms with Crippen LogP contribution in [0.1, 0.15) is 76.7 Å². The standard InChI is InChI=1S/C21H29F3O4/c1-2-3-4-5-6-7-8-12-27-19(25)10-9-11-20(26)28-15-16-13-17(22)21(24)18(23)14-16/h13-14H,2-12,15H2,1H3. The summed E-state index contributed by atoms with van der Waals surface area (Å²) in [6.07, 6.45) is 8.30. The second-order valence-corrected chi connectivity index (χ2v) is 6.73. The summed E-state index contributed by atoms with van der Waals surface area (Å²) < 4.78 is 49.0. The molecule has 0 bridgehead atoms. The minimum Gasteiger partial charge on any atom is -0.466 e. The molecule has 0 aromatic heterocycles. The van der Waals surface area contributed by atoms with Crippen LogP contribution in [0.25, 0.3) is 0 Å². The molecule has 0 N–H and O–H groups in total. The lowest BCUT2D eigenvalue weighted by atomic mass is 10.1. The van der Waals surface area contributed by atoms with E-state index in [1.807, 2.05) is 0 Å². The summed E-state index contributed by atoms with van der Waals surface area (Å²) in [6.45, 7) is 2.20. The molecule has 0 saturated carbocycles. The van der Waals surface area contributed by atoms with Gasteiger partial charge in [0.1, 0.15) is 6.61 Å². The summed E-state index contributed by atoms with van der Waals surface area (Å²) in [4.78, 5) is 23.2. The maximum atomic E-state index is 13.1. The van der Waals surface area contributed by atoms with Gasteiger partial charge in [0.2, 0.25) is 0 Å². The molecule has 4 nitrogen and oxygen atoms in total. The van der Waals surface area contributed by atoms with Crippen molar-refractivity contribution in [1.82, 2.24) is 0 Å². The SMILES string of the molecule is CCCCCCCCCOC(=O)CCCC(=O)OCc1cc(F)c(F)c(F)c1. The number of esters is 2. The Kier molecular flexibility index (Phi) is 12.0. The van der Waals surface area contributed by atoms with E-state index in [9.17, 15) is 22.8 Å². The summed E-state index contributed by atoms with van der Waals surface area (Å²) in [5.74, 6) is -5.21. The molecular formula is C21H29F3O4. The number of carbonyl (C=O) groups excluding carboxylic acids is 2. The van der Waals surface area contributed by atoms with Crippen molar-refractivity contribution in [3.8, 4) is 0 Å². The minimum absolute atomic E-state index is 0.0128. The van der Waals surface area contributed by atoms with Crippen molar-refractivity contribution in [3.63, 3.8) is 0 Å². The summed E-state index contributed by atoms with van der Waals surface area (Å²) in [7, 11) is 0. The number of benzene rings is 1. The Morgan fingerprint density at radius 3 is 1.93 bits per heavy atom. The molecular weight excluding hydrogens is 373 g/mol. The second kappa shape index (κ2) is 14.0. The number of hydrogen-bond donors (Lipinski definition) is 0. The minimum atomic E-state index is -1.56. The molecule has 0 heterocycles. The number of rotatable bonds is 14. The highest BCUT2D eigenvalue weighted by Crippen LogP contribution is 2.15. The molecule has 0 amide bonds. The van der Waals surface area contributed by atoms with E-state index < -0.39 is 23.4 Å². The summed E-state index contributed by atoms with van der Waals surface area (Å²) >= 11 is 0. The zero-order chi connectivity index (χ0) is 20.8. The fourth-order valence-corrected chi connectivity index (χ4v) is 2.62. The summed E-state index contributed by atoms with van der Waals surface area (Å²) in [5.41, 5.74) is 0.0128. The number of ether oxygens (including phenoxy) is 2. The van der Waals surface area contributed by atoms with Crippen molar-refractivity contribution >= 4 is 11.9 Å². The monoisotopic (exact) mass is 402 g/mol. The highest BCUT2D eigenvalue weighted by atomic mass is 19.2. The van der Waals surface area contributed by atoms with E-state index in [0.717, 1.165) is 31.4 Å². The van der Waals surface area contributed by atoms with Crippen LogP contribution >= 0.6 is 0 Å². The first kappa shape index (κ1) is 24.0. The number of hydrogen-bond acceptors (Lipinski definition) is 4. The third kappa shape index (κ3) is 10.3. The topological polar surface area (TPSA) is 52.6 Å². The van der Waals surface area contributed by atoms with Crippen LogP contribution in [0.4, 0.5) is 13.2 Å². The smallest absolute Gasteiger partial charge is 0.306 e. The van der Waals surface area contributed by atoms with E-state index in [1.54, 1.807) is 0 Å². The Morgan fingerprint density at radius 2 is 1.32 bits per heavy atom. The average Bonchev–Trinajstić information content (AvgIpc) is 2.66. The molecule has 0 aliphatic carbocycles. The van der Waals surface area contributed by atoms with E-state index in [4.69, 9.17) is 9.47 Å². The van der Waals surface area contributed by atoms with Crippen LogP contribution < -0.4 is 0 Å². The van der Waals surface area contributed by atoms with Gasteiger partial charge in [-0.3, -0.25) is 9.59 Å². The van der Waals surface area contributed by atoms with Crippen LogP contribution in [0.15, 0.2) is 12.1 Å². The molecule has 0 radical (unpaired) electrons. The fraction of sp³-hybridized carbons (Fsp3) is 0.619. The highest BCUT2D eigenvalue weighted by molar-refractivity contribution is 5.72. The van der Waals surface area contributed by atoms with Crippen molar-refractivity contribution < 1.29 is 32.2 Å². The van der Waals surface area contributed by atoms with Crippen LogP contribution in [0.2, 0.25) is 0 Å². The van der Waals surface area contributed by atoms with Gasteiger partial charge in [-0.1, -0.05) is 45.4 Å². The molecule has 0 fully saturated rings. The quantitative estimate of drug-likeness (QED) is 0.231. The van der Waals surface area contributed by atoms with Crippen LogP contribution in [-0.2, 0) is 25.7 Å². The van der Waals surface area contributed by atoms with Gasteiger partial charge >= 0.3 is 11.9 Å². The van der Waals surface area contributed by atoms with Crippen LogP contribution in [0.3, 0.4) is 0 Å². The Hall–Kier alpha value is -2.05. The zero-order valence-electron chi connectivity index (χ0n) is 16.4. The Labute approximate surface area is 164 Å². The van der Waals surface area contributed by atoms with E-state index in [2.05, 4.69) is 6.92 Å². The number of carbonyl (C=O) groups is 2. The number of halogens is 3. The van der Waals surface area contributed by atoms with E-state index in [1.165, 1.54) is 25.7 Å². The molecule has 28 heavy (non-hydrogen) atoms. The lowest BCUT2D eigenvalue weighted by Gasteiger charge is -2.07. The van der Waals surface area contributed by atoms with Gasteiger partial charge in [-0.25, -0.2) is 13.2 Å². The molecule has 1 aromatic carbocycles. The first-order valence-corrected chi connectivity index (χ1v) is 9.88. The van der Waals surface area contributed by atoms with Gasteiger partial charge in [0.05, 0.1) is 6.61 Å². The molecule has 0 atom stereocenters. The van der Waals surface area contributed by atoms with E-state index >= 15 is 0 Å². The first-order valence-electron chi connectivity index (χ1n) is 9.88. The fourth-order valence-electron chi connectivity index (χ4n) is 2.62. The van der Waals surface area contributed by atoms with Crippen LogP contribution in [0, 0.1) is 17.5 Å².